The summed E-state index contributed by atoms with van der Waals surface area (Å²) in [5, 5.41) is 65.3. The van der Waals surface area contributed by atoms with Gasteiger partial charge < -0.3 is 71.6 Å². The molecule has 1 aromatic carbocycles. The molecule has 2 aliphatic rings. The number of aliphatic hydroxyl groups excluding tert-OH is 4. The van der Waals surface area contributed by atoms with E-state index in [0.717, 1.165) is 32.9 Å². The van der Waals surface area contributed by atoms with Crippen molar-refractivity contribution in [1.82, 2.24) is 26.2 Å². The SMILES string of the molecule is COC(=O)C1(O)O[C@@H]([C@H](O)[C@H](O)CO)[C@H](NCOCc2ccc(NC(=O)C(CCCNC(N)=O)NCC(NC(=O)CCCCCN3CCCC3=O)C(C)C)cc2)[C@@H](O)C1F. The molecule has 2 heterocycles. The van der Waals surface area contributed by atoms with E-state index in [1.807, 2.05) is 18.7 Å². The summed E-state index contributed by atoms with van der Waals surface area (Å²) >= 11 is 0. The van der Waals surface area contributed by atoms with Crippen molar-refractivity contribution in [3.05, 3.63) is 29.8 Å². The third kappa shape index (κ3) is 15.1. The highest BCUT2D eigenvalue weighted by Gasteiger charge is 2.61. The molecule has 0 radical (unpaired) electrons. The number of aliphatic hydroxyl groups is 5. The third-order valence-electron chi connectivity index (χ3n) is 10.5. The Kier molecular flexibility index (Phi) is 21.0. The maximum Gasteiger partial charge on any atom is 0.369 e. The van der Waals surface area contributed by atoms with Crippen LogP contribution < -0.4 is 32.3 Å². The number of unbranched alkanes of at least 4 members (excludes halogenated alkanes) is 2. The van der Waals surface area contributed by atoms with Gasteiger partial charge in [0.2, 0.25) is 17.7 Å². The van der Waals surface area contributed by atoms with Crippen molar-refractivity contribution in [2.24, 2.45) is 11.7 Å². The van der Waals surface area contributed by atoms with Gasteiger partial charge in [-0.05, 0) is 55.7 Å². The van der Waals surface area contributed by atoms with Gasteiger partial charge in [-0.1, -0.05) is 32.4 Å². The van der Waals surface area contributed by atoms with E-state index >= 15 is 4.39 Å². The van der Waals surface area contributed by atoms with Gasteiger partial charge >= 0.3 is 17.8 Å². The number of alkyl halides is 1. The van der Waals surface area contributed by atoms with Crippen LogP contribution in [0.3, 0.4) is 0 Å². The van der Waals surface area contributed by atoms with E-state index < -0.39 is 67.1 Å². The zero-order chi connectivity index (χ0) is 44.4. The average molecular weight is 858 g/mol. The molecule has 21 heteroatoms. The number of esters is 1. The molecule has 2 saturated heterocycles. The quantitative estimate of drug-likeness (QED) is 0.0286. The molecule has 3 rings (SSSR count). The first kappa shape index (κ1) is 50.3. The highest BCUT2D eigenvalue weighted by atomic mass is 19.1. The van der Waals surface area contributed by atoms with Crippen molar-refractivity contribution >= 4 is 35.4 Å². The smallest absolute Gasteiger partial charge is 0.369 e. The van der Waals surface area contributed by atoms with Crippen molar-refractivity contribution in [3.63, 3.8) is 0 Å². The molecule has 0 saturated carbocycles. The molecular weight excluding hydrogens is 793 g/mol. The minimum atomic E-state index is -3.31. The van der Waals surface area contributed by atoms with Crippen molar-refractivity contribution < 1.29 is 68.1 Å². The zero-order valence-corrected chi connectivity index (χ0v) is 34.5. The number of nitrogens with two attached hydrogens (primary N) is 1. The Labute approximate surface area is 349 Å². The Balaban J connectivity index is 1.53. The van der Waals surface area contributed by atoms with E-state index in [2.05, 4.69) is 31.3 Å². The number of amides is 5. The number of methoxy groups -OCH3 is 1. The Hall–Kier alpha value is -4.06. The normalized spacial score (nSPS) is 23.8. The summed E-state index contributed by atoms with van der Waals surface area (Å²) in [5.41, 5.74) is 6.29. The minimum absolute atomic E-state index is 0.0263. The Bertz CT molecular complexity index is 1530. The number of urea groups is 1. The summed E-state index contributed by atoms with van der Waals surface area (Å²) in [7, 11) is 0.846. The summed E-state index contributed by atoms with van der Waals surface area (Å²) in [6.07, 6.45) is -5.53. The average Bonchev–Trinajstić information content (AvgIpc) is 3.64. The lowest BCUT2D eigenvalue weighted by Crippen LogP contribution is -2.72. The number of likely N-dealkylation sites (tertiary alicyclic amines) is 1. The van der Waals surface area contributed by atoms with E-state index in [1.165, 1.54) is 0 Å². The number of ether oxygens (including phenoxy) is 3. The number of primary amides is 1. The van der Waals surface area contributed by atoms with Crippen LogP contribution in [0.4, 0.5) is 14.9 Å². The first-order valence-corrected chi connectivity index (χ1v) is 20.3. The van der Waals surface area contributed by atoms with E-state index in [-0.39, 0.29) is 49.6 Å². The van der Waals surface area contributed by atoms with Crippen LogP contribution in [0.2, 0.25) is 0 Å². The number of benzene rings is 1. The molecule has 0 bridgehead atoms. The van der Waals surface area contributed by atoms with Crippen LogP contribution in [0.5, 0.6) is 0 Å². The zero-order valence-electron chi connectivity index (χ0n) is 34.5. The van der Waals surface area contributed by atoms with Gasteiger partial charge in [0.1, 0.15) is 24.4 Å². The molecule has 0 spiro atoms. The predicted molar refractivity (Wildman–Crippen MR) is 213 cm³/mol. The van der Waals surface area contributed by atoms with Gasteiger partial charge in [-0.15, -0.1) is 0 Å². The van der Waals surface area contributed by atoms with E-state index in [1.54, 1.807) is 24.3 Å². The second kappa shape index (κ2) is 25.0. The van der Waals surface area contributed by atoms with Crippen LogP contribution >= 0.6 is 0 Å². The molecule has 2 fully saturated rings. The first-order chi connectivity index (χ1) is 28.5. The summed E-state index contributed by atoms with van der Waals surface area (Å²) in [6.45, 7) is 4.66. The Morgan fingerprint density at radius 1 is 1.10 bits per heavy atom. The molecule has 12 N–H and O–H groups in total. The van der Waals surface area contributed by atoms with Crippen LogP contribution in [-0.2, 0) is 40.0 Å². The van der Waals surface area contributed by atoms with Gasteiger partial charge in [0.15, 0.2) is 6.17 Å². The fourth-order valence-corrected chi connectivity index (χ4v) is 6.89. The van der Waals surface area contributed by atoms with E-state index in [4.69, 9.17) is 15.2 Å². The van der Waals surface area contributed by atoms with E-state index in [9.17, 15) is 49.5 Å². The Morgan fingerprint density at radius 2 is 1.82 bits per heavy atom. The highest BCUT2D eigenvalue weighted by molar-refractivity contribution is 5.94. The van der Waals surface area contributed by atoms with E-state index in [0.29, 0.717) is 56.4 Å². The first-order valence-electron chi connectivity index (χ1n) is 20.3. The van der Waals surface area contributed by atoms with Crippen molar-refractivity contribution in [2.75, 3.05) is 51.9 Å². The molecule has 5 amide bonds. The van der Waals surface area contributed by atoms with Gasteiger partial charge in [0, 0.05) is 50.7 Å². The summed E-state index contributed by atoms with van der Waals surface area (Å²) in [6, 6.07) is 3.42. The predicted octanol–water partition coefficient (Wildman–Crippen LogP) is -1.54. The monoisotopic (exact) mass is 857 g/mol. The topological polar surface area (TPSA) is 304 Å². The number of carbonyl (C=O) groups is 5. The van der Waals surface area contributed by atoms with Crippen LogP contribution in [0, 0.1) is 5.92 Å². The maximum atomic E-state index is 15.1. The van der Waals surface area contributed by atoms with Crippen molar-refractivity contribution in [1.29, 1.82) is 0 Å². The lowest BCUT2D eigenvalue weighted by Gasteiger charge is -2.46. The van der Waals surface area contributed by atoms with Crippen molar-refractivity contribution in [2.45, 2.75) is 126 Å². The summed E-state index contributed by atoms with van der Waals surface area (Å²) < 4.78 is 30.2. The molecule has 0 aliphatic carbocycles. The van der Waals surface area contributed by atoms with Crippen molar-refractivity contribution in [3.8, 4) is 0 Å². The number of anilines is 1. The number of hydrogen-bond donors (Lipinski definition) is 11. The van der Waals surface area contributed by atoms with Crippen LogP contribution in [0.15, 0.2) is 24.3 Å². The standard InChI is InChI=1S/C39H64FN7O13/c1-23(2)27(46-29(50)10-5-4-6-17-47-18-8-11-30(47)51)19-43-26(9-7-16-42-38(41)56)36(54)45-25-14-12-24(13-15-25)21-59-22-44-31-33(53)35(40)39(57,37(55)58-3)60-34(31)32(52)28(49)20-48/h12-15,23,26-28,31-35,43-44,48-49,52-53,57H,4-11,16-22H2,1-3H3,(H,45,54)(H,46,50)(H3,41,42,56)/t26?,27?,28-,31-,32-,33-,34-,35?,39?/m1/s1. The molecule has 4 unspecified atom stereocenters. The lowest BCUT2D eigenvalue weighted by atomic mass is 9.87. The molecule has 2 aliphatic heterocycles. The molecule has 0 aromatic heterocycles. The molecule has 1 aromatic rings. The van der Waals surface area contributed by atoms with Gasteiger partial charge in [-0.2, -0.15) is 0 Å². The number of hydrogen-bond acceptors (Lipinski definition) is 15. The second-order valence-corrected chi connectivity index (χ2v) is 15.4. The number of nitrogens with one attached hydrogen (secondary N) is 5. The molecule has 9 atom stereocenters. The van der Waals surface area contributed by atoms with Crippen LogP contribution in [0.1, 0.15) is 70.8 Å². The molecule has 340 valence electrons. The van der Waals surface area contributed by atoms with Gasteiger partial charge in [0.05, 0.1) is 39.1 Å². The third-order valence-corrected chi connectivity index (χ3v) is 10.5. The number of rotatable bonds is 26. The lowest BCUT2D eigenvalue weighted by molar-refractivity contribution is -0.322. The number of halogens is 1. The maximum absolute atomic E-state index is 15.1. The fraction of sp³-hybridized carbons (Fsp3) is 0.718. The second-order valence-electron chi connectivity index (χ2n) is 15.4. The summed E-state index contributed by atoms with van der Waals surface area (Å²) in [5.74, 6) is -5.10. The number of nitrogens with zero attached hydrogens (tertiary/aromatic N) is 1. The van der Waals surface area contributed by atoms with Crippen LogP contribution in [-0.4, -0.2) is 161 Å². The Morgan fingerprint density at radius 3 is 2.43 bits per heavy atom. The largest absolute Gasteiger partial charge is 0.465 e. The molecule has 60 heavy (non-hydrogen) atoms. The highest BCUT2D eigenvalue weighted by Crippen LogP contribution is 2.33. The molecular formula is C39H64FN7O13. The minimum Gasteiger partial charge on any atom is -0.465 e. The fourth-order valence-electron chi connectivity index (χ4n) is 6.89. The molecule has 20 nitrogen and oxygen atoms in total. The summed E-state index contributed by atoms with van der Waals surface area (Å²) in [4.78, 5) is 63.3. The van der Waals surface area contributed by atoms with Crippen LogP contribution in [0.25, 0.3) is 0 Å². The van der Waals surface area contributed by atoms with Gasteiger partial charge in [0.25, 0.3) is 0 Å². The number of carbonyl (C=O) groups excluding carboxylic acids is 5. The van der Waals surface area contributed by atoms with Gasteiger partial charge in [-0.3, -0.25) is 19.7 Å². The van der Waals surface area contributed by atoms with Gasteiger partial charge in [-0.25, -0.2) is 14.0 Å².